The van der Waals surface area contributed by atoms with E-state index in [0.717, 1.165) is 17.7 Å². The van der Waals surface area contributed by atoms with Crippen molar-refractivity contribution in [2.45, 2.75) is 13.1 Å². The van der Waals surface area contributed by atoms with E-state index >= 15 is 0 Å². The average molecular weight is 291 g/mol. The third-order valence-corrected chi connectivity index (χ3v) is 3.29. The summed E-state index contributed by atoms with van der Waals surface area (Å²) in [5.74, 6) is 0.411. The molecule has 0 radical (unpaired) electrons. The standard InChI is InChI=1S/C15H12F3N3/c1-9-2-7-12-20-13(14(19)21(12)8-9)10-3-5-11(6-4-10)15(16,17)18/h2-8H,19H2,1H3. The number of hydrogen-bond acceptors (Lipinski definition) is 2. The first kappa shape index (κ1) is 13.5. The molecule has 0 bridgehead atoms. The van der Waals surface area contributed by atoms with E-state index in [1.807, 2.05) is 25.3 Å². The van der Waals surface area contributed by atoms with Gasteiger partial charge in [0.15, 0.2) is 0 Å². The van der Waals surface area contributed by atoms with Crippen LogP contribution >= 0.6 is 0 Å². The number of aromatic nitrogens is 2. The summed E-state index contributed by atoms with van der Waals surface area (Å²) in [5.41, 5.74) is 8.07. The Morgan fingerprint density at radius 3 is 2.33 bits per heavy atom. The van der Waals surface area contributed by atoms with Crippen molar-refractivity contribution >= 4 is 11.5 Å². The van der Waals surface area contributed by atoms with Crippen LogP contribution in [0.15, 0.2) is 42.6 Å². The van der Waals surface area contributed by atoms with E-state index in [9.17, 15) is 13.2 Å². The minimum absolute atomic E-state index is 0.411. The van der Waals surface area contributed by atoms with Crippen LogP contribution in [0.1, 0.15) is 11.1 Å². The molecule has 108 valence electrons. The summed E-state index contributed by atoms with van der Waals surface area (Å²) in [4.78, 5) is 4.37. The fourth-order valence-corrected chi connectivity index (χ4v) is 2.20. The number of nitrogens with two attached hydrogens (primary N) is 1. The Hall–Kier alpha value is -2.50. The first-order valence-corrected chi connectivity index (χ1v) is 6.28. The third-order valence-electron chi connectivity index (χ3n) is 3.29. The molecule has 0 aliphatic carbocycles. The zero-order valence-electron chi connectivity index (χ0n) is 11.1. The molecule has 0 saturated heterocycles. The Bertz CT molecular complexity index is 801. The van der Waals surface area contributed by atoms with E-state index in [4.69, 9.17) is 5.73 Å². The fraction of sp³-hybridized carbons (Fsp3) is 0.133. The summed E-state index contributed by atoms with van der Waals surface area (Å²) in [6, 6.07) is 8.55. The van der Waals surface area contributed by atoms with Gasteiger partial charge in [-0.2, -0.15) is 13.2 Å². The minimum atomic E-state index is -4.35. The van der Waals surface area contributed by atoms with Gasteiger partial charge in [0.25, 0.3) is 0 Å². The Morgan fingerprint density at radius 1 is 1.05 bits per heavy atom. The first-order valence-electron chi connectivity index (χ1n) is 6.28. The molecule has 0 unspecified atom stereocenters. The predicted octanol–water partition coefficient (Wildman–Crippen LogP) is 3.91. The number of nitrogen functional groups attached to an aromatic ring is 1. The molecule has 21 heavy (non-hydrogen) atoms. The maximum Gasteiger partial charge on any atom is 0.416 e. The molecular formula is C15H12F3N3. The molecule has 0 aliphatic rings. The molecule has 0 aliphatic heterocycles. The molecule has 2 heterocycles. The summed E-state index contributed by atoms with van der Waals surface area (Å²) in [6.45, 7) is 1.93. The Balaban J connectivity index is 2.10. The van der Waals surface area contributed by atoms with E-state index in [-0.39, 0.29) is 0 Å². The number of fused-ring (bicyclic) bond motifs is 1. The van der Waals surface area contributed by atoms with Crippen LogP contribution in [-0.4, -0.2) is 9.38 Å². The molecule has 0 saturated carbocycles. The van der Waals surface area contributed by atoms with Crippen molar-refractivity contribution in [3.05, 3.63) is 53.7 Å². The van der Waals surface area contributed by atoms with Crippen LogP contribution in [0.25, 0.3) is 16.9 Å². The number of rotatable bonds is 1. The maximum absolute atomic E-state index is 12.6. The zero-order valence-corrected chi connectivity index (χ0v) is 11.1. The summed E-state index contributed by atoms with van der Waals surface area (Å²) in [5, 5.41) is 0. The monoisotopic (exact) mass is 291 g/mol. The fourth-order valence-electron chi connectivity index (χ4n) is 2.20. The van der Waals surface area contributed by atoms with Crippen molar-refractivity contribution < 1.29 is 13.2 Å². The molecule has 0 spiro atoms. The maximum atomic E-state index is 12.6. The van der Waals surface area contributed by atoms with Gasteiger partial charge in [-0.3, -0.25) is 4.40 Å². The lowest BCUT2D eigenvalue weighted by Crippen LogP contribution is -2.04. The summed E-state index contributed by atoms with van der Waals surface area (Å²) in [7, 11) is 0. The molecule has 3 aromatic rings. The minimum Gasteiger partial charge on any atom is -0.383 e. The number of benzene rings is 1. The number of anilines is 1. The lowest BCUT2D eigenvalue weighted by atomic mass is 10.1. The van der Waals surface area contributed by atoms with Gasteiger partial charge in [0.1, 0.15) is 17.2 Å². The van der Waals surface area contributed by atoms with Crippen molar-refractivity contribution in [2.24, 2.45) is 0 Å². The van der Waals surface area contributed by atoms with Gasteiger partial charge in [-0.05, 0) is 30.7 Å². The molecule has 0 fully saturated rings. The molecular weight excluding hydrogens is 279 g/mol. The lowest BCUT2D eigenvalue weighted by Gasteiger charge is -2.07. The van der Waals surface area contributed by atoms with Crippen LogP contribution in [0.5, 0.6) is 0 Å². The average Bonchev–Trinajstić information content (AvgIpc) is 2.75. The highest BCUT2D eigenvalue weighted by Crippen LogP contribution is 2.32. The number of aryl methyl sites for hydroxylation is 1. The quantitative estimate of drug-likeness (QED) is 0.738. The highest BCUT2D eigenvalue weighted by atomic mass is 19.4. The largest absolute Gasteiger partial charge is 0.416 e. The molecule has 6 heteroatoms. The summed E-state index contributed by atoms with van der Waals surface area (Å²) >= 11 is 0. The van der Waals surface area contributed by atoms with E-state index in [1.165, 1.54) is 12.1 Å². The predicted molar refractivity (Wildman–Crippen MR) is 74.8 cm³/mol. The smallest absolute Gasteiger partial charge is 0.383 e. The molecule has 2 N–H and O–H groups in total. The highest BCUT2D eigenvalue weighted by Gasteiger charge is 2.30. The number of nitrogens with zero attached hydrogens (tertiary/aromatic N) is 2. The second-order valence-electron chi connectivity index (χ2n) is 4.86. The molecule has 3 rings (SSSR count). The Kier molecular flexibility index (Phi) is 2.90. The van der Waals surface area contributed by atoms with Crippen molar-refractivity contribution in [3.63, 3.8) is 0 Å². The number of alkyl halides is 3. The number of pyridine rings is 1. The molecule has 0 atom stereocenters. The van der Waals surface area contributed by atoms with Crippen molar-refractivity contribution in [2.75, 3.05) is 5.73 Å². The number of imidazole rings is 1. The van der Waals surface area contributed by atoms with Gasteiger partial charge >= 0.3 is 6.18 Å². The Morgan fingerprint density at radius 2 is 1.71 bits per heavy atom. The first-order chi connectivity index (χ1) is 9.86. The van der Waals surface area contributed by atoms with Crippen LogP contribution in [-0.2, 0) is 6.18 Å². The van der Waals surface area contributed by atoms with Crippen molar-refractivity contribution in [3.8, 4) is 11.3 Å². The molecule has 1 aromatic carbocycles. The van der Waals surface area contributed by atoms with Crippen LogP contribution in [0.2, 0.25) is 0 Å². The van der Waals surface area contributed by atoms with E-state index < -0.39 is 11.7 Å². The normalized spacial score (nSPS) is 12.0. The summed E-state index contributed by atoms with van der Waals surface area (Å²) in [6.07, 6.45) is -2.51. The number of hydrogen-bond donors (Lipinski definition) is 1. The van der Waals surface area contributed by atoms with Gasteiger partial charge in [0, 0.05) is 11.8 Å². The highest BCUT2D eigenvalue weighted by molar-refractivity contribution is 5.75. The van der Waals surface area contributed by atoms with Gasteiger partial charge in [-0.15, -0.1) is 0 Å². The van der Waals surface area contributed by atoms with E-state index in [1.54, 1.807) is 4.40 Å². The Labute approximate surface area is 118 Å². The SMILES string of the molecule is Cc1ccc2nc(-c3ccc(C(F)(F)F)cc3)c(N)n2c1. The topological polar surface area (TPSA) is 43.3 Å². The summed E-state index contributed by atoms with van der Waals surface area (Å²) < 4.78 is 39.4. The second-order valence-corrected chi connectivity index (χ2v) is 4.86. The lowest BCUT2D eigenvalue weighted by molar-refractivity contribution is -0.137. The molecule has 0 amide bonds. The van der Waals surface area contributed by atoms with Gasteiger partial charge in [-0.25, -0.2) is 4.98 Å². The number of halogens is 3. The van der Waals surface area contributed by atoms with Gasteiger partial charge in [-0.1, -0.05) is 18.2 Å². The van der Waals surface area contributed by atoms with Crippen LogP contribution in [0.3, 0.4) is 0 Å². The van der Waals surface area contributed by atoms with Gasteiger partial charge < -0.3 is 5.73 Å². The molecule has 3 nitrogen and oxygen atoms in total. The second kappa shape index (κ2) is 4.51. The van der Waals surface area contributed by atoms with Crippen molar-refractivity contribution in [1.29, 1.82) is 0 Å². The molecule has 2 aromatic heterocycles. The van der Waals surface area contributed by atoms with Crippen LogP contribution in [0, 0.1) is 6.92 Å². The van der Waals surface area contributed by atoms with E-state index in [0.29, 0.717) is 22.7 Å². The van der Waals surface area contributed by atoms with E-state index in [2.05, 4.69) is 4.98 Å². The van der Waals surface area contributed by atoms with Gasteiger partial charge in [0.2, 0.25) is 0 Å². The van der Waals surface area contributed by atoms with Gasteiger partial charge in [0.05, 0.1) is 5.56 Å². The van der Waals surface area contributed by atoms with Crippen molar-refractivity contribution in [1.82, 2.24) is 9.38 Å². The zero-order chi connectivity index (χ0) is 15.2. The third kappa shape index (κ3) is 2.33. The van der Waals surface area contributed by atoms with Crippen LogP contribution < -0.4 is 5.73 Å². The van der Waals surface area contributed by atoms with Crippen LogP contribution in [0.4, 0.5) is 19.0 Å².